The lowest BCUT2D eigenvalue weighted by Gasteiger charge is -2.03. The van der Waals surface area contributed by atoms with Crippen LogP contribution in [0.2, 0.25) is 10.0 Å². The van der Waals surface area contributed by atoms with Gasteiger partial charge in [0.25, 0.3) is 0 Å². The van der Waals surface area contributed by atoms with E-state index < -0.39 is 0 Å². The number of halogens is 2. The molecule has 0 unspecified atom stereocenters. The van der Waals surface area contributed by atoms with Gasteiger partial charge in [0.2, 0.25) is 0 Å². The fraction of sp³-hybridized carbons (Fsp3) is 0.400. The van der Waals surface area contributed by atoms with Gasteiger partial charge in [0, 0.05) is 22.6 Å². The maximum absolute atomic E-state index is 5.87. The Morgan fingerprint density at radius 1 is 1.15 bits per heavy atom. The molecule has 0 saturated heterocycles. The number of nitrogens with one attached hydrogen (secondary N) is 1. The van der Waals surface area contributed by atoms with Crippen LogP contribution in [-0.2, 0) is 6.54 Å². The highest BCUT2D eigenvalue weighted by molar-refractivity contribution is 6.34. The van der Waals surface area contributed by atoms with E-state index in [1.165, 1.54) is 12.8 Å². The second kappa shape index (κ2) is 3.87. The summed E-state index contributed by atoms with van der Waals surface area (Å²) in [5.74, 6) is 0. The molecule has 1 aromatic rings. The van der Waals surface area contributed by atoms with Crippen molar-refractivity contribution in [2.24, 2.45) is 0 Å². The van der Waals surface area contributed by atoms with E-state index in [1.54, 1.807) is 6.07 Å². The summed E-state index contributed by atoms with van der Waals surface area (Å²) in [5, 5.41) is 4.83. The van der Waals surface area contributed by atoms with Gasteiger partial charge in [-0.15, -0.1) is 0 Å². The van der Waals surface area contributed by atoms with Gasteiger partial charge in [0.1, 0.15) is 0 Å². The van der Waals surface area contributed by atoms with Crippen molar-refractivity contribution in [2.75, 3.05) is 0 Å². The third kappa shape index (κ3) is 2.87. The van der Waals surface area contributed by atoms with E-state index in [9.17, 15) is 0 Å². The van der Waals surface area contributed by atoms with E-state index in [4.69, 9.17) is 23.2 Å². The molecule has 1 nitrogen and oxygen atoms in total. The largest absolute Gasteiger partial charge is 0.310 e. The molecular formula is C10H11Cl2N. The van der Waals surface area contributed by atoms with Crippen molar-refractivity contribution in [2.45, 2.75) is 25.4 Å². The molecule has 0 bridgehead atoms. The Bertz CT molecular complexity index is 288. The van der Waals surface area contributed by atoms with Crippen molar-refractivity contribution in [3.8, 4) is 0 Å². The van der Waals surface area contributed by atoms with Gasteiger partial charge in [0.05, 0.1) is 0 Å². The van der Waals surface area contributed by atoms with E-state index in [-0.39, 0.29) is 0 Å². The molecule has 1 saturated carbocycles. The average Bonchev–Trinajstić information content (AvgIpc) is 2.81. The smallest absolute Gasteiger partial charge is 0.0424 e. The summed E-state index contributed by atoms with van der Waals surface area (Å²) in [7, 11) is 0. The lowest BCUT2D eigenvalue weighted by molar-refractivity contribution is 0.688. The van der Waals surface area contributed by atoms with Gasteiger partial charge in [0.15, 0.2) is 0 Å². The maximum atomic E-state index is 5.87. The zero-order chi connectivity index (χ0) is 9.26. The van der Waals surface area contributed by atoms with Crippen molar-refractivity contribution in [3.05, 3.63) is 33.8 Å². The monoisotopic (exact) mass is 215 g/mol. The lowest BCUT2D eigenvalue weighted by Crippen LogP contribution is -2.15. The fourth-order valence-corrected chi connectivity index (χ4v) is 1.83. The molecule has 0 atom stereocenters. The van der Waals surface area contributed by atoms with Crippen LogP contribution in [0.5, 0.6) is 0 Å². The molecule has 0 spiro atoms. The van der Waals surface area contributed by atoms with Gasteiger partial charge in [-0.1, -0.05) is 23.2 Å². The second-order valence-corrected chi connectivity index (χ2v) is 4.31. The molecule has 1 N–H and O–H groups in total. The summed E-state index contributed by atoms with van der Waals surface area (Å²) < 4.78 is 0. The summed E-state index contributed by atoms with van der Waals surface area (Å²) in [6, 6.07) is 6.37. The minimum absolute atomic E-state index is 0.708. The minimum Gasteiger partial charge on any atom is -0.310 e. The quantitative estimate of drug-likeness (QED) is 0.817. The Morgan fingerprint density at radius 2 is 1.77 bits per heavy atom. The van der Waals surface area contributed by atoms with Crippen LogP contribution in [-0.4, -0.2) is 6.04 Å². The zero-order valence-electron chi connectivity index (χ0n) is 7.19. The third-order valence-electron chi connectivity index (χ3n) is 2.09. The van der Waals surface area contributed by atoms with E-state index in [2.05, 4.69) is 5.32 Å². The predicted octanol–water partition coefficient (Wildman–Crippen LogP) is 3.25. The molecule has 2 rings (SSSR count). The van der Waals surface area contributed by atoms with Gasteiger partial charge in [-0.25, -0.2) is 0 Å². The standard InChI is InChI=1S/C10H11Cl2N/c11-8-3-7(4-9(12)5-8)6-13-10-1-2-10/h3-5,10,13H,1-2,6H2. The molecule has 0 amide bonds. The van der Waals surface area contributed by atoms with Gasteiger partial charge in [-0.2, -0.15) is 0 Å². The Hall–Kier alpha value is -0.240. The first-order valence-electron chi connectivity index (χ1n) is 4.42. The molecule has 70 valence electrons. The SMILES string of the molecule is Clc1cc(Cl)cc(CNC2CC2)c1. The van der Waals surface area contributed by atoms with Crippen LogP contribution < -0.4 is 5.32 Å². The van der Waals surface area contributed by atoms with Crippen LogP contribution in [0.3, 0.4) is 0 Å². The van der Waals surface area contributed by atoms with Crippen LogP contribution >= 0.6 is 23.2 Å². The predicted molar refractivity (Wildman–Crippen MR) is 56.3 cm³/mol. The Labute approximate surface area is 88.0 Å². The Kier molecular flexibility index (Phi) is 2.77. The fourth-order valence-electron chi connectivity index (χ4n) is 1.26. The highest BCUT2D eigenvalue weighted by Crippen LogP contribution is 2.22. The summed E-state index contributed by atoms with van der Waals surface area (Å²) in [5.41, 5.74) is 1.16. The average molecular weight is 216 g/mol. The van der Waals surface area contributed by atoms with Crippen molar-refractivity contribution in [3.63, 3.8) is 0 Å². The summed E-state index contributed by atoms with van der Waals surface area (Å²) >= 11 is 11.7. The van der Waals surface area contributed by atoms with E-state index in [0.29, 0.717) is 10.0 Å². The van der Waals surface area contributed by atoms with Crippen molar-refractivity contribution >= 4 is 23.2 Å². The molecule has 1 aromatic carbocycles. The first-order valence-corrected chi connectivity index (χ1v) is 5.18. The normalized spacial score (nSPS) is 16.2. The van der Waals surface area contributed by atoms with E-state index in [0.717, 1.165) is 18.2 Å². The molecule has 0 aliphatic heterocycles. The van der Waals surface area contributed by atoms with Gasteiger partial charge < -0.3 is 5.32 Å². The summed E-state index contributed by atoms with van der Waals surface area (Å²) in [6.07, 6.45) is 2.60. The molecule has 1 aliphatic carbocycles. The van der Waals surface area contributed by atoms with E-state index in [1.807, 2.05) is 12.1 Å². The van der Waals surface area contributed by atoms with Crippen molar-refractivity contribution in [1.29, 1.82) is 0 Å². The van der Waals surface area contributed by atoms with Crippen LogP contribution in [0, 0.1) is 0 Å². The molecule has 1 aliphatic rings. The second-order valence-electron chi connectivity index (χ2n) is 3.43. The molecule has 0 radical (unpaired) electrons. The summed E-state index contributed by atoms with van der Waals surface area (Å²) in [4.78, 5) is 0. The molecule has 3 heteroatoms. The Morgan fingerprint density at radius 3 is 2.31 bits per heavy atom. The molecule has 0 aromatic heterocycles. The molecule has 1 fully saturated rings. The molecule has 0 heterocycles. The lowest BCUT2D eigenvalue weighted by atomic mass is 10.2. The number of hydrogen-bond acceptors (Lipinski definition) is 1. The van der Waals surface area contributed by atoms with Crippen LogP contribution in [0.15, 0.2) is 18.2 Å². The first kappa shape index (κ1) is 9.32. The maximum Gasteiger partial charge on any atom is 0.0424 e. The van der Waals surface area contributed by atoms with E-state index >= 15 is 0 Å². The third-order valence-corrected chi connectivity index (χ3v) is 2.53. The van der Waals surface area contributed by atoms with Crippen LogP contribution in [0.4, 0.5) is 0 Å². The minimum atomic E-state index is 0.708. The van der Waals surface area contributed by atoms with Crippen molar-refractivity contribution in [1.82, 2.24) is 5.32 Å². The van der Waals surface area contributed by atoms with Crippen LogP contribution in [0.25, 0.3) is 0 Å². The molecular weight excluding hydrogens is 205 g/mol. The van der Waals surface area contributed by atoms with Gasteiger partial charge in [-0.05, 0) is 36.6 Å². The molecule has 13 heavy (non-hydrogen) atoms. The number of benzene rings is 1. The number of rotatable bonds is 3. The first-order chi connectivity index (χ1) is 6.24. The summed E-state index contributed by atoms with van der Waals surface area (Å²) in [6.45, 7) is 0.866. The van der Waals surface area contributed by atoms with Crippen molar-refractivity contribution < 1.29 is 0 Å². The van der Waals surface area contributed by atoms with Gasteiger partial charge >= 0.3 is 0 Å². The topological polar surface area (TPSA) is 12.0 Å². The highest BCUT2D eigenvalue weighted by atomic mass is 35.5. The Balaban J connectivity index is 2.01. The number of hydrogen-bond donors (Lipinski definition) is 1. The van der Waals surface area contributed by atoms with Gasteiger partial charge in [-0.3, -0.25) is 0 Å². The highest BCUT2D eigenvalue weighted by Gasteiger charge is 2.19. The van der Waals surface area contributed by atoms with Crippen LogP contribution in [0.1, 0.15) is 18.4 Å². The zero-order valence-corrected chi connectivity index (χ0v) is 8.70.